The van der Waals surface area contributed by atoms with Gasteiger partial charge < -0.3 is 0 Å². The fraction of sp³-hybridized carbons (Fsp3) is 0.444. The predicted octanol–water partition coefficient (Wildman–Crippen LogP) is 2.44. The number of rotatable bonds is 2. The van der Waals surface area contributed by atoms with E-state index in [1.807, 2.05) is 40.0 Å². The van der Waals surface area contributed by atoms with Crippen molar-refractivity contribution in [3.05, 3.63) is 22.8 Å². The second-order valence-corrected chi connectivity index (χ2v) is 2.56. The zero-order valence-electron chi connectivity index (χ0n) is 7.68. The van der Waals surface area contributed by atoms with E-state index >= 15 is 0 Å². The second-order valence-electron chi connectivity index (χ2n) is 2.56. The molecule has 0 aliphatic heterocycles. The monoisotopic (exact) mass is 147 g/mol. The van der Waals surface area contributed by atoms with Gasteiger partial charge in [0.15, 0.2) is 0 Å². The topological polar surface area (TPSA) is 12.4 Å². The molecule has 0 aromatic heterocycles. The fourth-order valence-electron chi connectivity index (χ4n) is 0.375. The molecule has 0 spiro atoms. The van der Waals surface area contributed by atoms with Gasteiger partial charge in [-0.15, -0.1) is 0 Å². The smallest absolute Gasteiger partial charge is 0.109 e. The lowest BCUT2D eigenvalue weighted by molar-refractivity contribution is 1.27. The van der Waals surface area contributed by atoms with Crippen LogP contribution in [0.4, 0.5) is 0 Å². The van der Waals surface area contributed by atoms with Gasteiger partial charge in [-0.3, -0.25) is 4.99 Å². The van der Waals surface area contributed by atoms with Gasteiger partial charge in [0.2, 0.25) is 0 Å². The maximum absolute atomic E-state index is 5.51. The molecule has 0 aromatic rings. The molecule has 0 bridgehead atoms. The van der Waals surface area contributed by atoms with E-state index < -0.39 is 0 Å². The molecule has 0 aliphatic rings. The third-order valence-corrected chi connectivity index (χ3v) is 1.49. The number of hydrogen-bond donors (Lipinski definition) is 0. The lowest BCUT2D eigenvalue weighted by Gasteiger charge is -1.94. The Kier molecular flexibility index (Phi) is 4.59. The zero-order valence-corrected chi connectivity index (χ0v) is 7.68. The van der Waals surface area contributed by atoms with E-state index in [0.717, 1.165) is 16.7 Å². The Balaban J connectivity index is 4.27. The van der Waals surface area contributed by atoms with E-state index in [-0.39, 0.29) is 0 Å². The largest absolute Gasteiger partial charge is 0.262 e. The first kappa shape index (κ1) is 10.2. The molecular weight excluding hydrogens is 133 g/mol. The van der Waals surface area contributed by atoms with Gasteiger partial charge >= 0.3 is 0 Å². The molecule has 0 saturated heterocycles. The van der Waals surface area contributed by atoms with Gasteiger partial charge in [-0.2, -0.15) is 0 Å². The Bertz CT molecular complexity index is 208. The molecule has 11 heavy (non-hydrogen) atoms. The van der Waals surface area contributed by atoms with Crippen molar-refractivity contribution in [1.82, 2.24) is 0 Å². The van der Waals surface area contributed by atoms with Crippen LogP contribution in [-0.4, -0.2) is 14.1 Å². The average molecular weight is 147 g/mol. The summed E-state index contributed by atoms with van der Waals surface area (Å²) in [7, 11) is 5.51. The summed E-state index contributed by atoms with van der Waals surface area (Å²) in [6.07, 6.45) is 3.81. The van der Waals surface area contributed by atoms with Crippen LogP contribution in [0.1, 0.15) is 27.7 Å². The second kappa shape index (κ2) is 4.94. The van der Waals surface area contributed by atoms with E-state index in [4.69, 9.17) is 7.85 Å². The number of hydrogen-bond acceptors (Lipinski definition) is 1. The van der Waals surface area contributed by atoms with Crippen molar-refractivity contribution in [3.8, 4) is 0 Å². The Labute approximate surface area is 70.3 Å². The molecule has 1 nitrogen and oxygen atoms in total. The number of allylic oxidation sites excluding steroid dienone is 4. The summed E-state index contributed by atoms with van der Waals surface area (Å²) in [6.45, 7) is 7.73. The molecule has 0 unspecified atom stereocenters. The third-order valence-electron chi connectivity index (χ3n) is 1.49. The van der Waals surface area contributed by atoms with Crippen molar-refractivity contribution in [2.45, 2.75) is 27.7 Å². The normalized spacial score (nSPS) is 15.5. The minimum atomic E-state index is 0.769. The first-order valence-electron chi connectivity index (χ1n) is 3.68. The van der Waals surface area contributed by atoms with Crippen LogP contribution in [0.2, 0.25) is 0 Å². The Hall–Kier alpha value is -0.785. The lowest BCUT2D eigenvalue weighted by atomic mass is 9.96. The summed E-state index contributed by atoms with van der Waals surface area (Å²) in [5.41, 5.74) is 2.79. The van der Waals surface area contributed by atoms with Gasteiger partial charge in [0.25, 0.3) is 0 Å². The van der Waals surface area contributed by atoms with Crippen molar-refractivity contribution >= 4 is 14.1 Å². The van der Waals surface area contributed by atoms with Crippen LogP contribution in [0.5, 0.6) is 0 Å². The highest BCUT2D eigenvalue weighted by Crippen LogP contribution is 2.00. The standard InChI is InChI=1S/C9H14BN/c1-5-7(2)6-11-9(4)8(3)10/h5-6H,1-4H3/b7-5-,9-8+,11-6+. The Morgan fingerprint density at radius 3 is 2.18 bits per heavy atom. The maximum Gasteiger partial charge on any atom is 0.109 e. The van der Waals surface area contributed by atoms with Crippen LogP contribution in [0.3, 0.4) is 0 Å². The SMILES string of the molecule is [B]/C(C)=C(C)/N=C/C(C)=C\C. The van der Waals surface area contributed by atoms with E-state index in [2.05, 4.69) is 4.99 Å². The van der Waals surface area contributed by atoms with Gasteiger partial charge in [0.05, 0.1) is 0 Å². The molecule has 0 aromatic carbocycles. The molecular formula is C9H14BN. The molecule has 0 heterocycles. The molecule has 0 fully saturated rings. The van der Waals surface area contributed by atoms with Crippen LogP contribution in [0.25, 0.3) is 0 Å². The number of nitrogens with zero attached hydrogens (tertiary/aromatic N) is 1. The van der Waals surface area contributed by atoms with Crippen molar-refractivity contribution in [2.24, 2.45) is 4.99 Å². The summed E-state index contributed by atoms with van der Waals surface area (Å²) in [4.78, 5) is 4.16. The van der Waals surface area contributed by atoms with Crippen LogP contribution in [-0.2, 0) is 0 Å². The first-order valence-corrected chi connectivity index (χ1v) is 3.68. The van der Waals surface area contributed by atoms with E-state index in [9.17, 15) is 0 Å². The molecule has 0 saturated carbocycles. The highest BCUT2D eigenvalue weighted by molar-refractivity contribution is 6.21. The molecule has 2 radical (unpaired) electrons. The molecule has 0 N–H and O–H groups in total. The van der Waals surface area contributed by atoms with E-state index in [1.54, 1.807) is 0 Å². The summed E-state index contributed by atoms with van der Waals surface area (Å²) < 4.78 is 0. The summed E-state index contributed by atoms with van der Waals surface area (Å²) in [5.74, 6) is 0. The van der Waals surface area contributed by atoms with E-state index in [1.165, 1.54) is 0 Å². The summed E-state index contributed by atoms with van der Waals surface area (Å²) in [5, 5.41) is 0. The average Bonchev–Trinajstić information content (AvgIpc) is 1.99. The highest BCUT2D eigenvalue weighted by Gasteiger charge is 1.85. The van der Waals surface area contributed by atoms with Crippen LogP contribution in [0, 0.1) is 0 Å². The fourth-order valence-corrected chi connectivity index (χ4v) is 0.375. The van der Waals surface area contributed by atoms with Crippen molar-refractivity contribution in [2.75, 3.05) is 0 Å². The lowest BCUT2D eigenvalue weighted by Crippen LogP contribution is -1.82. The zero-order chi connectivity index (χ0) is 8.85. The number of aliphatic imine (C=N–C) groups is 1. The van der Waals surface area contributed by atoms with Gasteiger partial charge in [-0.25, -0.2) is 0 Å². The predicted molar refractivity (Wildman–Crippen MR) is 52.1 cm³/mol. The molecule has 0 atom stereocenters. The quantitative estimate of drug-likeness (QED) is 0.420. The highest BCUT2D eigenvalue weighted by atomic mass is 14.7. The first-order chi connectivity index (χ1) is 5.07. The maximum atomic E-state index is 5.51. The molecule has 0 aliphatic carbocycles. The van der Waals surface area contributed by atoms with E-state index in [0.29, 0.717) is 0 Å². The minimum absolute atomic E-state index is 0.769. The third kappa shape index (κ3) is 4.60. The summed E-state index contributed by atoms with van der Waals surface area (Å²) >= 11 is 0. The van der Waals surface area contributed by atoms with Crippen LogP contribution < -0.4 is 0 Å². The summed E-state index contributed by atoms with van der Waals surface area (Å²) in [6, 6.07) is 0. The Morgan fingerprint density at radius 1 is 1.27 bits per heavy atom. The minimum Gasteiger partial charge on any atom is -0.262 e. The van der Waals surface area contributed by atoms with Crippen molar-refractivity contribution in [3.63, 3.8) is 0 Å². The van der Waals surface area contributed by atoms with Gasteiger partial charge in [0, 0.05) is 11.9 Å². The van der Waals surface area contributed by atoms with Crippen LogP contribution >= 0.6 is 0 Å². The van der Waals surface area contributed by atoms with Crippen LogP contribution in [0.15, 0.2) is 27.8 Å². The molecule has 0 rings (SSSR count). The molecule has 0 amide bonds. The van der Waals surface area contributed by atoms with Gasteiger partial charge in [0.1, 0.15) is 7.85 Å². The van der Waals surface area contributed by atoms with Crippen molar-refractivity contribution in [1.29, 1.82) is 0 Å². The molecule has 2 heteroatoms. The van der Waals surface area contributed by atoms with Crippen molar-refractivity contribution < 1.29 is 0 Å². The van der Waals surface area contributed by atoms with Gasteiger partial charge in [-0.1, -0.05) is 18.5 Å². The molecule has 58 valence electrons. The Morgan fingerprint density at radius 2 is 1.82 bits per heavy atom. The van der Waals surface area contributed by atoms with Gasteiger partial charge in [-0.05, 0) is 26.3 Å².